The van der Waals surface area contributed by atoms with E-state index in [1.807, 2.05) is 30.3 Å². The number of carboxylic acid groups (broad SMARTS) is 1. The minimum atomic E-state index is -1.25. The van der Waals surface area contributed by atoms with E-state index in [9.17, 15) is 14.7 Å². The number of hydrogen-bond donors (Lipinski definition) is 1. The fraction of sp³-hybridized carbons (Fsp3) is 0.263. The molecule has 0 aliphatic carbocycles. The van der Waals surface area contributed by atoms with E-state index in [4.69, 9.17) is 9.47 Å². The molecule has 0 aliphatic rings. The van der Waals surface area contributed by atoms with Gasteiger partial charge in [0.1, 0.15) is 0 Å². The molecule has 0 spiro atoms. The van der Waals surface area contributed by atoms with Gasteiger partial charge in [-0.25, -0.2) is 0 Å². The van der Waals surface area contributed by atoms with Gasteiger partial charge in [-0.15, -0.1) is 0 Å². The van der Waals surface area contributed by atoms with Gasteiger partial charge in [-0.3, -0.25) is 4.79 Å². The highest BCUT2D eigenvalue weighted by atomic mass is 16.5. The number of methoxy groups -OCH3 is 2. The fourth-order valence-electron chi connectivity index (χ4n) is 2.52. The maximum absolute atomic E-state index is 12.3. The standard InChI is InChI=1S/C19H21NO5/c1-24-16-9-8-14(11-17(16)25-2)15(12-19(22)23)20-18(21)10-13-6-4-3-5-7-13/h3-9,11,15H,10,12H2,1-2H3,(H,20,21)(H,22,23)/p-1. The molecule has 1 unspecified atom stereocenters. The van der Waals surface area contributed by atoms with Crippen LogP contribution in [0.5, 0.6) is 11.5 Å². The lowest BCUT2D eigenvalue weighted by molar-refractivity contribution is -0.306. The summed E-state index contributed by atoms with van der Waals surface area (Å²) in [4.78, 5) is 23.4. The Balaban J connectivity index is 2.18. The maximum atomic E-state index is 12.3. The van der Waals surface area contributed by atoms with Crippen molar-refractivity contribution >= 4 is 11.9 Å². The van der Waals surface area contributed by atoms with E-state index in [-0.39, 0.29) is 18.7 Å². The van der Waals surface area contributed by atoms with Crippen LogP contribution in [0, 0.1) is 0 Å². The molecule has 0 heterocycles. The average molecular weight is 342 g/mol. The van der Waals surface area contributed by atoms with Crippen LogP contribution in [-0.2, 0) is 16.0 Å². The predicted molar refractivity (Wildman–Crippen MR) is 90.2 cm³/mol. The number of aliphatic carboxylic acids is 1. The van der Waals surface area contributed by atoms with Gasteiger partial charge in [0, 0.05) is 12.4 Å². The monoisotopic (exact) mass is 342 g/mol. The fourth-order valence-corrected chi connectivity index (χ4v) is 2.52. The van der Waals surface area contributed by atoms with Crippen LogP contribution in [-0.4, -0.2) is 26.1 Å². The third kappa shape index (κ3) is 5.24. The van der Waals surface area contributed by atoms with Crippen molar-refractivity contribution in [3.63, 3.8) is 0 Å². The van der Waals surface area contributed by atoms with Gasteiger partial charge in [-0.05, 0) is 23.3 Å². The molecule has 6 heteroatoms. The van der Waals surface area contributed by atoms with Crippen molar-refractivity contribution in [2.45, 2.75) is 18.9 Å². The second-order valence-electron chi connectivity index (χ2n) is 5.47. The SMILES string of the molecule is COc1ccc(C(CC(=O)[O-])NC(=O)Cc2ccccc2)cc1OC. The molecule has 0 saturated carbocycles. The smallest absolute Gasteiger partial charge is 0.224 e. The third-order valence-electron chi connectivity index (χ3n) is 3.72. The van der Waals surface area contributed by atoms with E-state index in [1.165, 1.54) is 14.2 Å². The Kier molecular flexibility index (Phi) is 6.39. The Bertz CT molecular complexity index is 730. The van der Waals surface area contributed by atoms with E-state index in [2.05, 4.69) is 5.32 Å². The molecule has 1 atom stereocenters. The maximum Gasteiger partial charge on any atom is 0.224 e. The van der Waals surface area contributed by atoms with E-state index in [0.29, 0.717) is 17.1 Å². The number of carbonyl (C=O) groups excluding carboxylic acids is 2. The highest BCUT2D eigenvalue weighted by Crippen LogP contribution is 2.30. The molecule has 0 saturated heterocycles. The topological polar surface area (TPSA) is 87.7 Å². The Hall–Kier alpha value is -3.02. The van der Waals surface area contributed by atoms with Crippen molar-refractivity contribution in [3.8, 4) is 11.5 Å². The first-order valence-corrected chi connectivity index (χ1v) is 7.78. The quantitative estimate of drug-likeness (QED) is 0.780. The second-order valence-corrected chi connectivity index (χ2v) is 5.47. The summed E-state index contributed by atoms with van der Waals surface area (Å²) in [6.45, 7) is 0. The minimum Gasteiger partial charge on any atom is -0.550 e. The number of amides is 1. The minimum absolute atomic E-state index is 0.164. The average Bonchev–Trinajstić information content (AvgIpc) is 2.61. The van der Waals surface area contributed by atoms with Crippen molar-refractivity contribution in [2.75, 3.05) is 14.2 Å². The van der Waals surface area contributed by atoms with Crippen LogP contribution in [0.1, 0.15) is 23.6 Å². The lowest BCUT2D eigenvalue weighted by Crippen LogP contribution is -2.35. The van der Waals surface area contributed by atoms with Crippen LogP contribution in [0.3, 0.4) is 0 Å². The molecule has 1 amide bonds. The molecule has 0 fully saturated rings. The van der Waals surface area contributed by atoms with Gasteiger partial charge in [0.25, 0.3) is 0 Å². The van der Waals surface area contributed by atoms with E-state index < -0.39 is 12.0 Å². The molecule has 0 aromatic heterocycles. The lowest BCUT2D eigenvalue weighted by Gasteiger charge is -2.21. The van der Waals surface area contributed by atoms with Crippen LogP contribution in [0.2, 0.25) is 0 Å². The molecule has 6 nitrogen and oxygen atoms in total. The molecule has 1 N–H and O–H groups in total. The highest BCUT2D eigenvalue weighted by molar-refractivity contribution is 5.79. The van der Waals surface area contributed by atoms with Crippen molar-refractivity contribution in [3.05, 3.63) is 59.7 Å². The summed E-state index contributed by atoms with van der Waals surface area (Å²) in [6, 6.07) is 13.5. The van der Waals surface area contributed by atoms with E-state index in [1.54, 1.807) is 18.2 Å². The molecule has 2 rings (SSSR count). The molecule has 0 bridgehead atoms. The molecule has 2 aromatic carbocycles. The van der Waals surface area contributed by atoms with Crippen LogP contribution in [0.25, 0.3) is 0 Å². The van der Waals surface area contributed by atoms with Crippen molar-refractivity contribution < 1.29 is 24.2 Å². The van der Waals surface area contributed by atoms with Crippen LogP contribution >= 0.6 is 0 Å². The summed E-state index contributed by atoms with van der Waals surface area (Å²) in [5.74, 6) is -0.540. The summed E-state index contributed by atoms with van der Waals surface area (Å²) in [5.41, 5.74) is 1.45. The zero-order chi connectivity index (χ0) is 18.2. The highest BCUT2D eigenvalue weighted by Gasteiger charge is 2.17. The number of nitrogens with one attached hydrogen (secondary N) is 1. The Morgan fingerprint density at radius 3 is 2.32 bits per heavy atom. The van der Waals surface area contributed by atoms with Crippen LogP contribution in [0.15, 0.2) is 48.5 Å². The summed E-state index contributed by atoms with van der Waals surface area (Å²) >= 11 is 0. The Morgan fingerprint density at radius 2 is 1.72 bits per heavy atom. The lowest BCUT2D eigenvalue weighted by atomic mass is 10.0. The van der Waals surface area contributed by atoms with Gasteiger partial charge < -0.3 is 24.7 Å². The zero-order valence-corrected chi connectivity index (χ0v) is 14.2. The van der Waals surface area contributed by atoms with Gasteiger partial charge in [-0.2, -0.15) is 0 Å². The summed E-state index contributed by atoms with van der Waals surface area (Å²) in [5, 5.41) is 13.8. The van der Waals surface area contributed by atoms with Crippen LogP contribution in [0.4, 0.5) is 0 Å². The molecule has 0 radical (unpaired) electrons. The zero-order valence-electron chi connectivity index (χ0n) is 14.2. The van der Waals surface area contributed by atoms with Gasteiger partial charge in [0.2, 0.25) is 5.91 Å². The summed E-state index contributed by atoms with van der Waals surface area (Å²) in [7, 11) is 3.00. The molecule has 25 heavy (non-hydrogen) atoms. The molecular weight excluding hydrogens is 322 g/mol. The predicted octanol–water partition coefficient (Wildman–Crippen LogP) is 1.24. The van der Waals surface area contributed by atoms with Gasteiger partial charge in [-0.1, -0.05) is 36.4 Å². The first-order chi connectivity index (χ1) is 12.0. The van der Waals surface area contributed by atoms with Crippen molar-refractivity contribution in [2.24, 2.45) is 0 Å². The van der Waals surface area contributed by atoms with Gasteiger partial charge in [0.05, 0.1) is 26.7 Å². The largest absolute Gasteiger partial charge is 0.550 e. The molecule has 2 aromatic rings. The number of carbonyl (C=O) groups is 2. The van der Waals surface area contributed by atoms with E-state index in [0.717, 1.165) is 5.56 Å². The van der Waals surface area contributed by atoms with E-state index >= 15 is 0 Å². The Labute approximate surface area is 146 Å². The van der Waals surface area contributed by atoms with Gasteiger partial charge in [0.15, 0.2) is 11.5 Å². The van der Waals surface area contributed by atoms with Crippen molar-refractivity contribution in [1.29, 1.82) is 0 Å². The normalized spacial score (nSPS) is 11.4. The molecule has 132 valence electrons. The number of rotatable bonds is 8. The number of ether oxygens (including phenoxy) is 2. The second kappa shape index (κ2) is 8.73. The summed E-state index contributed by atoms with van der Waals surface area (Å²) < 4.78 is 10.4. The first kappa shape index (κ1) is 18.3. The number of benzene rings is 2. The van der Waals surface area contributed by atoms with Gasteiger partial charge >= 0.3 is 0 Å². The first-order valence-electron chi connectivity index (χ1n) is 7.78. The molecule has 0 aliphatic heterocycles. The Morgan fingerprint density at radius 1 is 1.04 bits per heavy atom. The molecular formula is C19H20NO5-. The summed E-state index contributed by atoms with van der Waals surface area (Å²) in [6.07, 6.45) is -0.173. The third-order valence-corrected chi connectivity index (χ3v) is 3.72. The number of carboxylic acids is 1. The van der Waals surface area contributed by atoms with Crippen molar-refractivity contribution in [1.82, 2.24) is 5.32 Å². The number of hydrogen-bond acceptors (Lipinski definition) is 5. The van der Waals surface area contributed by atoms with Crippen LogP contribution < -0.4 is 19.9 Å².